The Balaban J connectivity index is 2.51. The molecule has 2 aromatic rings. The summed E-state index contributed by atoms with van der Waals surface area (Å²) < 4.78 is 5.36. The van der Waals surface area contributed by atoms with Gasteiger partial charge in [-0.2, -0.15) is 0 Å². The number of benzene rings is 1. The molecule has 1 heterocycles. The van der Waals surface area contributed by atoms with Crippen LogP contribution in [0.3, 0.4) is 0 Å². The van der Waals surface area contributed by atoms with Gasteiger partial charge in [-0.25, -0.2) is 4.98 Å². The van der Waals surface area contributed by atoms with Crippen LogP contribution in [0.15, 0.2) is 17.5 Å². The van der Waals surface area contributed by atoms with E-state index >= 15 is 0 Å². The SMILES string of the molecule is COc1c(C(=O)c2csc(C)n2)ccc(C)c1C. The first-order valence-corrected chi connectivity index (χ1v) is 6.53. The van der Waals surface area contributed by atoms with Crippen LogP contribution >= 0.6 is 11.3 Å². The highest BCUT2D eigenvalue weighted by Crippen LogP contribution is 2.28. The summed E-state index contributed by atoms with van der Waals surface area (Å²) in [4.78, 5) is 16.6. The Kier molecular flexibility index (Phi) is 3.48. The molecule has 94 valence electrons. The maximum absolute atomic E-state index is 12.4. The van der Waals surface area contributed by atoms with Gasteiger partial charge in [0.25, 0.3) is 0 Å². The molecule has 1 aromatic heterocycles. The fourth-order valence-corrected chi connectivity index (χ4v) is 2.43. The summed E-state index contributed by atoms with van der Waals surface area (Å²) in [5, 5.41) is 2.67. The van der Waals surface area contributed by atoms with Crippen molar-refractivity contribution in [3.05, 3.63) is 44.9 Å². The van der Waals surface area contributed by atoms with Crippen LogP contribution in [-0.2, 0) is 0 Å². The highest BCUT2D eigenvalue weighted by molar-refractivity contribution is 7.09. The van der Waals surface area contributed by atoms with Crippen LogP contribution in [0.5, 0.6) is 5.75 Å². The van der Waals surface area contributed by atoms with Gasteiger partial charge in [-0.1, -0.05) is 6.07 Å². The highest BCUT2D eigenvalue weighted by atomic mass is 32.1. The molecule has 18 heavy (non-hydrogen) atoms. The molecule has 0 saturated carbocycles. The van der Waals surface area contributed by atoms with Crippen molar-refractivity contribution < 1.29 is 9.53 Å². The fraction of sp³-hybridized carbons (Fsp3) is 0.286. The topological polar surface area (TPSA) is 39.2 Å². The van der Waals surface area contributed by atoms with Crippen LogP contribution < -0.4 is 4.74 Å². The highest BCUT2D eigenvalue weighted by Gasteiger charge is 2.18. The van der Waals surface area contributed by atoms with Crippen molar-refractivity contribution in [2.24, 2.45) is 0 Å². The molecule has 0 aliphatic rings. The Bertz CT molecular complexity index is 602. The van der Waals surface area contributed by atoms with E-state index in [9.17, 15) is 4.79 Å². The van der Waals surface area contributed by atoms with Crippen LogP contribution in [-0.4, -0.2) is 17.9 Å². The third-order valence-corrected chi connectivity index (χ3v) is 3.75. The minimum atomic E-state index is -0.0840. The zero-order valence-corrected chi connectivity index (χ0v) is 11.7. The molecule has 0 amide bonds. The number of nitrogens with zero attached hydrogens (tertiary/aromatic N) is 1. The predicted octanol–water partition coefficient (Wildman–Crippen LogP) is 3.31. The lowest BCUT2D eigenvalue weighted by molar-refractivity contribution is 0.103. The standard InChI is InChI=1S/C14H15NO2S/c1-8-5-6-11(14(17-4)9(8)2)13(16)12-7-18-10(3)15-12/h5-7H,1-4H3. The van der Waals surface area contributed by atoms with Gasteiger partial charge >= 0.3 is 0 Å². The number of ether oxygens (including phenoxy) is 1. The largest absolute Gasteiger partial charge is 0.496 e. The van der Waals surface area contributed by atoms with Crippen molar-refractivity contribution in [1.29, 1.82) is 0 Å². The molecule has 1 aromatic carbocycles. The van der Waals surface area contributed by atoms with E-state index in [4.69, 9.17) is 4.74 Å². The number of carbonyl (C=O) groups is 1. The maximum Gasteiger partial charge on any atom is 0.215 e. The Labute approximate surface area is 110 Å². The van der Waals surface area contributed by atoms with Gasteiger partial charge in [0.2, 0.25) is 5.78 Å². The molecule has 0 aliphatic heterocycles. The van der Waals surface area contributed by atoms with E-state index in [0.29, 0.717) is 17.0 Å². The first-order valence-electron chi connectivity index (χ1n) is 5.65. The number of thiazole rings is 1. The Hall–Kier alpha value is -1.68. The molecule has 0 saturated heterocycles. The van der Waals surface area contributed by atoms with Crippen LogP contribution in [0.2, 0.25) is 0 Å². The minimum Gasteiger partial charge on any atom is -0.496 e. The van der Waals surface area contributed by atoms with Crippen molar-refractivity contribution in [1.82, 2.24) is 4.98 Å². The lowest BCUT2D eigenvalue weighted by atomic mass is 10.0. The molecular weight excluding hydrogens is 246 g/mol. The smallest absolute Gasteiger partial charge is 0.215 e. The number of aromatic nitrogens is 1. The van der Waals surface area contributed by atoms with Crippen molar-refractivity contribution >= 4 is 17.1 Å². The number of aryl methyl sites for hydroxylation is 2. The van der Waals surface area contributed by atoms with Gasteiger partial charge in [0, 0.05) is 5.38 Å². The van der Waals surface area contributed by atoms with Crippen molar-refractivity contribution in [2.45, 2.75) is 20.8 Å². The Morgan fingerprint density at radius 1 is 1.28 bits per heavy atom. The second kappa shape index (κ2) is 4.90. The molecule has 0 spiro atoms. The van der Waals surface area contributed by atoms with Crippen LogP contribution in [0, 0.1) is 20.8 Å². The summed E-state index contributed by atoms with van der Waals surface area (Å²) in [5.74, 6) is 0.560. The van der Waals surface area contributed by atoms with Gasteiger partial charge < -0.3 is 4.74 Å². The van der Waals surface area contributed by atoms with Gasteiger partial charge in [-0.05, 0) is 38.0 Å². The molecule has 0 atom stereocenters. The molecule has 0 N–H and O–H groups in total. The third-order valence-electron chi connectivity index (χ3n) is 2.98. The van der Waals surface area contributed by atoms with E-state index in [0.717, 1.165) is 16.1 Å². The van der Waals surface area contributed by atoms with E-state index in [-0.39, 0.29) is 5.78 Å². The lowest BCUT2D eigenvalue weighted by Gasteiger charge is -2.11. The van der Waals surface area contributed by atoms with Gasteiger partial charge in [-0.3, -0.25) is 4.79 Å². The van der Waals surface area contributed by atoms with E-state index in [1.807, 2.05) is 26.8 Å². The molecule has 0 radical (unpaired) electrons. The number of ketones is 1. The van der Waals surface area contributed by atoms with Gasteiger partial charge in [-0.15, -0.1) is 11.3 Å². The summed E-state index contributed by atoms with van der Waals surface area (Å²) in [6.45, 7) is 5.84. The minimum absolute atomic E-state index is 0.0840. The zero-order valence-electron chi connectivity index (χ0n) is 10.9. The van der Waals surface area contributed by atoms with Crippen LogP contribution in [0.25, 0.3) is 0 Å². The van der Waals surface area contributed by atoms with E-state index in [2.05, 4.69) is 4.98 Å². The quantitative estimate of drug-likeness (QED) is 0.796. The summed E-state index contributed by atoms with van der Waals surface area (Å²) in [5.41, 5.74) is 3.16. The molecule has 0 aliphatic carbocycles. The summed E-state index contributed by atoms with van der Waals surface area (Å²) >= 11 is 1.48. The molecule has 0 fully saturated rings. The van der Waals surface area contributed by atoms with E-state index in [1.165, 1.54) is 11.3 Å². The molecule has 4 heteroatoms. The Morgan fingerprint density at radius 3 is 2.56 bits per heavy atom. The average molecular weight is 261 g/mol. The summed E-state index contributed by atoms with van der Waals surface area (Å²) in [6, 6.07) is 3.74. The molecule has 3 nitrogen and oxygen atoms in total. The molecule has 0 bridgehead atoms. The second-order valence-electron chi connectivity index (χ2n) is 4.17. The van der Waals surface area contributed by atoms with Crippen molar-refractivity contribution in [2.75, 3.05) is 7.11 Å². The molecule has 2 rings (SSSR count). The first-order chi connectivity index (χ1) is 8.54. The maximum atomic E-state index is 12.4. The number of hydrogen-bond donors (Lipinski definition) is 0. The van der Waals surface area contributed by atoms with Crippen LogP contribution in [0.1, 0.15) is 32.2 Å². The molecule has 0 unspecified atom stereocenters. The van der Waals surface area contributed by atoms with Crippen LogP contribution in [0.4, 0.5) is 0 Å². The van der Waals surface area contributed by atoms with Gasteiger partial charge in [0.05, 0.1) is 17.7 Å². The normalized spacial score (nSPS) is 10.4. The number of carbonyl (C=O) groups excluding carboxylic acids is 1. The summed E-state index contributed by atoms with van der Waals surface area (Å²) in [7, 11) is 1.59. The number of hydrogen-bond acceptors (Lipinski definition) is 4. The van der Waals surface area contributed by atoms with Gasteiger partial charge in [0.15, 0.2) is 0 Å². The lowest BCUT2D eigenvalue weighted by Crippen LogP contribution is -2.06. The van der Waals surface area contributed by atoms with E-state index in [1.54, 1.807) is 18.6 Å². The average Bonchev–Trinajstić information content (AvgIpc) is 2.78. The summed E-state index contributed by atoms with van der Waals surface area (Å²) in [6.07, 6.45) is 0. The van der Waals surface area contributed by atoms with Crippen molar-refractivity contribution in [3.8, 4) is 5.75 Å². The number of rotatable bonds is 3. The predicted molar refractivity (Wildman–Crippen MR) is 72.8 cm³/mol. The Morgan fingerprint density at radius 2 is 2.00 bits per heavy atom. The van der Waals surface area contributed by atoms with Gasteiger partial charge in [0.1, 0.15) is 11.4 Å². The fourth-order valence-electron chi connectivity index (χ4n) is 1.84. The molecular formula is C14H15NO2S. The third kappa shape index (κ3) is 2.16. The monoisotopic (exact) mass is 261 g/mol. The van der Waals surface area contributed by atoms with Crippen molar-refractivity contribution in [3.63, 3.8) is 0 Å². The zero-order chi connectivity index (χ0) is 13.3. The van der Waals surface area contributed by atoms with E-state index < -0.39 is 0 Å². The first kappa shape index (κ1) is 12.8. The number of methoxy groups -OCH3 is 1. The second-order valence-corrected chi connectivity index (χ2v) is 5.23.